The minimum absolute atomic E-state index is 0.747. The first-order chi connectivity index (χ1) is 11.8. The quantitative estimate of drug-likeness (QED) is 0.754. The second kappa shape index (κ2) is 7.76. The topological polar surface area (TPSA) is 19.0 Å². The maximum Gasteiger partial charge on any atom is 0.0457 e. The van der Waals surface area contributed by atoms with Crippen molar-refractivity contribution in [2.75, 3.05) is 30.9 Å². The van der Waals surface area contributed by atoms with Gasteiger partial charge in [0.2, 0.25) is 0 Å². The summed E-state index contributed by atoms with van der Waals surface area (Å²) in [5.41, 5.74) is 2.80. The van der Waals surface area contributed by atoms with Gasteiger partial charge in [-0.2, -0.15) is 11.8 Å². The van der Waals surface area contributed by atoms with E-state index in [-0.39, 0.29) is 0 Å². The summed E-state index contributed by atoms with van der Waals surface area (Å²) in [5, 5.41) is 1.43. The maximum atomic E-state index is 3.48. The average Bonchev–Trinajstić information content (AvgIpc) is 3.23. The summed E-state index contributed by atoms with van der Waals surface area (Å²) in [6.07, 6.45) is 11.2. The molecule has 2 nitrogen and oxygen atoms in total. The first-order valence-corrected chi connectivity index (χ1v) is 11.7. The number of aromatic amines is 1. The van der Waals surface area contributed by atoms with Crippen molar-refractivity contribution in [3.8, 4) is 0 Å². The standard InChI is InChI=1S/C20H28N2S2/c1-23-18-4-5-20-19(12-18)16(13-21-20)11-17-3-2-8-22(17)14-15-6-9-24-10-7-15/h4-5,12-13,15,17,21H,2-3,6-11,14H2,1H3/t17-/m1/s1. The van der Waals surface area contributed by atoms with Gasteiger partial charge in [-0.25, -0.2) is 0 Å². The van der Waals surface area contributed by atoms with Crippen LogP contribution in [0.1, 0.15) is 31.2 Å². The molecule has 3 heterocycles. The lowest BCUT2D eigenvalue weighted by molar-refractivity contribution is 0.207. The molecule has 1 aromatic carbocycles. The number of fused-ring (bicyclic) bond motifs is 1. The van der Waals surface area contributed by atoms with Crippen LogP contribution < -0.4 is 0 Å². The Kier molecular flexibility index (Phi) is 5.45. The number of nitrogens with one attached hydrogen (secondary N) is 1. The fraction of sp³-hybridized carbons (Fsp3) is 0.600. The molecule has 0 bridgehead atoms. The number of thioether (sulfide) groups is 2. The first kappa shape index (κ1) is 16.9. The van der Waals surface area contributed by atoms with Gasteiger partial charge in [-0.1, -0.05) is 0 Å². The Morgan fingerprint density at radius 3 is 2.96 bits per heavy atom. The van der Waals surface area contributed by atoms with Gasteiger partial charge >= 0.3 is 0 Å². The third-order valence-electron chi connectivity index (χ3n) is 5.76. The van der Waals surface area contributed by atoms with Crippen LogP contribution in [0.25, 0.3) is 10.9 Å². The lowest BCUT2D eigenvalue weighted by atomic mass is 9.99. The molecule has 0 radical (unpaired) electrons. The van der Waals surface area contributed by atoms with E-state index in [1.807, 2.05) is 11.8 Å². The lowest BCUT2D eigenvalue weighted by Crippen LogP contribution is -2.36. The van der Waals surface area contributed by atoms with Crippen molar-refractivity contribution in [3.63, 3.8) is 0 Å². The van der Waals surface area contributed by atoms with Gasteiger partial charge in [0, 0.05) is 34.6 Å². The minimum atomic E-state index is 0.747. The zero-order valence-electron chi connectivity index (χ0n) is 14.6. The molecule has 2 fully saturated rings. The summed E-state index contributed by atoms with van der Waals surface area (Å²) < 4.78 is 0. The number of hydrogen-bond donors (Lipinski definition) is 1. The number of benzene rings is 1. The molecule has 2 saturated heterocycles. The van der Waals surface area contributed by atoms with Gasteiger partial charge in [0.15, 0.2) is 0 Å². The fourth-order valence-corrected chi connectivity index (χ4v) is 5.98. The number of nitrogens with zero attached hydrogens (tertiary/aromatic N) is 1. The Balaban J connectivity index is 1.47. The molecule has 2 aliphatic rings. The smallest absolute Gasteiger partial charge is 0.0457 e. The molecule has 4 heteroatoms. The van der Waals surface area contributed by atoms with E-state index >= 15 is 0 Å². The predicted octanol–water partition coefficient (Wildman–Crippen LogP) is 5.04. The Bertz CT molecular complexity index is 675. The van der Waals surface area contributed by atoms with E-state index in [1.54, 1.807) is 0 Å². The molecule has 0 amide bonds. The Hall–Kier alpha value is -0.580. The van der Waals surface area contributed by atoms with Crippen LogP contribution in [-0.2, 0) is 6.42 Å². The van der Waals surface area contributed by atoms with Crippen LogP contribution >= 0.6 is 23.5 Å². The van der Waals surface area contributed by atoms with Crippen molar-refractivity contribution in [1.29, 1.82) is 0 Å². The average molecular weight is 361 g/mol. The van der Waals surface area contributed by atoms with Crippen LogP contribution in [0.4, 0.5) is 0 Å². The highest BCUT2D eigenvalue weighted by atomic mass is 32.2. The number of H-pyrrole nitrogens is 1. The molecule has 2 aliphatic heterocycles. The van der Waals surface area contributed by atoms with E-state index in [4.69, 9.17) is 0 Å². The highest BCUT2D eigenvalue weighted by molar-refractivity contribution is 7.99. The SMILES string of the molecule is CSc1ccc2[nH]cc(C[C@H]3CCCN3CC3CCSCC3)c2c1. The summed E-state index contributed by atoms with van der Waals surface area (Å²) in [7, 11) is 0. The highest BCUT2D eigenvalue weighted by Crippen LogP contribution is 2.30. The second-order valence-electron chi connectivity index (χ2n) is 7.28. The highest BCUT2D eigenvalue weighted by Gasteiger charge is 2.28. The largest absolute Gasteiger partial charge is 0.361 e. The number of likely N-dealkylation sites (tertiary alicyclic amines) is 1. The zero-order valence-corrected chi connectivity index (χ0v) is 16.2. The molecular formula is C20H28N2S2. The summed E-state index contributed by atoms with van der Waals surface area (Å²) in [6.45, 7) is 2.65. The summed E-state index contributed by atoms with van der Waals surface area (Å²) in [6, 6.07) is 7.56. The molecule has 0 saturated carbocycles. The van der Waals surface area contributed by atoms with Gasteiger partial charge in [0.25, 0.3) is 0 Å². The van der Waals surface area contributed by atoms with Crippen LogP contribution in [0.15, 0.2) is 29.3 Å². The van der Waals surface area contributed by atoms with E-state index in [9.17, 15) is 0 Å². The monoisotopic (exact) mass is 360 g/mol. The normalized spacial score (nSPS) is 23.3. The molecule has 0 unspecified atom stereocenters. The van der Waals surface area contributed by atoms with Gasteiger partial charge in [-0.3, -0.25) is 4.90 Å². The van der Waals surface area contributed by atoms with Crippen molar-refractivity contribution < 1.29 is 0 Å². The van der Waals surface area contributed by atoms with Crippen LogP contribution in [0.5, 0.6) is 0 Å². The third kappa shape index (κ3) is 3.66. The van der Waals surface area contributed by atoms with Crippen molar-refractivity contribution in [3.05, 3.63) is 30.0 Å². The molecule has 130 valence electrons. The lowest BCUT2D eigenvalue weighted by Gasteiger charge is -2.30. The minimum Gasteiger partial charge on any atom is -0.361 e. The van der Waals surface area contributed by atoms with Gasteiger partial charge in [-0.05, 0) is 86.1 Å². The van der Waals surface area contributed by atoms with Crippen LogP contribution in [0.3, 0.4) is 0 Å². The van der Waals surface area contributed by atoms with Crippen molar-refractivity contribution in [2.45, 2.75) is 43.0 Å². The van der Waals surface area contributed by atoms with Crippen molar-refractivity contribution in [1.82, 2.24) is 9.88 Å². The molecule has 1 atom stereocenters. The maximum absolute atomic E-state index is 3.48. The summed E-state index contributed by atoms with van der Waals surface area (Å²) in [4.78, 5) is 7.65. The van der Waals surface area contributed by atoms with Crippen LogP contribution in [-0.4, -0.2) is 46.8 Å². The van der Waals surface area contributed by atoms with Crippen molar-refractivity contribution >= 4 is 34.4 Å². The molecule has 1 N–H and O–H groups in total. The molecule has 4 rings (SSSR count). The first-order valence-electron chi connectivity index (χ1n) is 9.29. The van der Waals surface area contributed by atoms with E-state index in [1.165, 1.54) is 78.1 Å². The molecule has 0 spiro atoms. The zero-order chi connectivity index (χ0) is 16.4. The summed E-state index contributed by atoms with van der Waals surface area (Å²) >= 11 is 3.98. The van der Waals surface area contributed by atoms with Gasteiger partial charge < -0.3 is 4.98 Å². The molecule has 1 aromatic heterocycles. The second-order valence-corrected chi connectivity index (χ2v) is 9.38. The van der Waals surface area contributed by atoms with E-state index < -0.39 is 0 Å². The molecule has 0 aliphatic carbocycles. The number of aromatic nitrogens is 1. The Morgan fingerprint density at radius 1 is 1.25 bits per heavy atom. The van der Waals surface area contributed by atoms with Gasteiger partial charge in [0.1, 0.15) is 0 Å². The molecular weight excluding hydrogens is 332 g/mol. The summed E-state index contributed by atoms with van der Waals surface area (Å²) in [5.74, 6) is 3.70. The van der Waals surface area contributed by atoms with Crippen molar-refractivity contribution in [2.24, 2.45) is 5.92 Å². The van der Waals surface area contributed by atoms with Crippen LogP contribution in [0, 0.1) is 5.92 Å². The Labute approximate surface area is 154 Å². The predicted molar refractivity (Wildman–Crippen MR) is 108 cm³/mol. The van der Waals surface area contributed by atoms with Gasteiger partial charge in [0.05, 0.1) is 0 Å². The fourth-order valence-electron chi connectivity index (χ4n) is 4.33. The molecule has 2 aromatic rings. The number of hydrogen-bond acceptors (Lipinski definition) is 3. The van der Waals surface area contributed by atoms with E-state index in [0.717, 1.165) is 12.0 Å². The van der Waals surface area contributed by atoms with Crippen LogP contribution in [0.2, 0.25) is 0 Å². The van der Waals surface area contributed by atoms with E-state index in [2.05, 4.69) is 52.3 Å². The third-order valence-corrected chi connectivity index (χ3v) is 7.54. The molecule has 24 heavy (non-hydrogen) atoms. The Morgan fingerprint density at radius 2 is 2.12 bits per heavy atom. The number of rotatable bonds is 5. The van der Waals surface area contributed by atoms with E-state index in [0.29, 0.717) is 0 Å². The van der Waals surface area contributed by atoms with Gasteiger partial charge in [-0.15, -0.1) is 11.8 Å².